The van der Waals surface area contributed by atoms with Crippen LogP contribution in [-0.2, 0) is 5.60 Å². The number of hydrogen-bond acceptors (Lipinski definition) is 3. The molecule has 0 fully saturated rings. The van der Waals surface area contributed by atoms with Crippen LogP contribution >= 0.6 is 0 Å². The molecule has 1 heterocycles. The lowest BCUT2D eigenvalue weighted by atomic mass is 9.83. The number of fused-ring (bicyclic) bond motifs is 3. The Morgan fingerprint density at radius 2 is 1.81 bits per heavy atom. The third kappa shape index (κ3) is 1.96. The van der Waals surface area contributed by atoms with Gasteiger partial charge in [0, 0.05) is 11.1 Å². The molecular weight excluding hydrogens is 262 g/mol. The molecule has 0 aliphatic carbocycles. The van der Waals surface area contributed by atoms with E-state index < -0.39 is 5.60 Å². The highest BCUT2D eigenvalue weighted by molar-refractivity contribution is 5.83. The molecule has 2 N–H and O–H groups in total. The molecule has 0 unspecified atom stereocenters. The Morgan fingerprint density at radius 3 is 2.48 bits per heavy atom. The molecule has 0 atom stereocenters. The monoisotopic (exact) mass is 283 g/mol. The van der Waals surface area contributed by atoms with Crippen LogP contribution in [0.5, 0.6) is 11.5 Å². The minimum atomic E-state index is -0.481. The van der Waals surface area contributed by atoms with Gasteiger partial charge in [-0.25, -0.2) is 0 Å². The van der Waals surface area contributed by atoms with Gasteiger partial charge in [-0.3, -0.25) is 0 Å². The van der Waals surface area contributed by atoms with Gasteiger partial charge in [0.15, 0.2) is 0 Å². The number of nitrogens with two attached hydrogens (primary N) is 1. The second-order valence-electron chi connectivity index (χ2n) is 6.17. The van der Waals surface area contributed by atoms with Crippen molar-refractivity contribution in [2.75, 3.05) is 12.8 Å². The highest BCUT2D eigenvalue weighted by atomic mass is 16.5. The maximum absolute atomic E-state index is 6.21. The van der Waals surface area contributed by atoms with E-state index in [1.165, 1.54) is 5.56 Å². The number of aryl methyl sites for hydroxylation is 2. The first kappa shape index (κ1) is 13.8. The molecule has 0 saturated carbocycles. The van der Waals surface area contributed by atoms with Crippen LogP contribution in [0.25, 0.3) is 11.1 Å². The second kappa shape index (κ2) is 4.42. The molecular formula is C18H21NO2. The van der Waals surface area contributed by atoms with Crippen LogP contribution in [0, 0.1) is 13.8 Å². The van der Waals surface area contributed by atoms with Gasteiger partial charge >= 0.3 is 0 Å². The lowest BCUT2D eigenvalue weighted by Gasteiger charge is -2.36. The summed E-state index contributed by atoms with van der Waals surface area (Å²) in [5.74, 6) is 1.63. The Morgan fingerprint density at radius 1 is 1.10 bits per heavy atom. The van der Waals surface area contributed by atoms with Crippen LogP contribution in [-0.4, -0.2) is 7.11 Å². The van der Waals surface area contributed by atoms with Crippen LogP contribution in [0.15, 0.2) is 24.3 Å². The molecule has 0 amide bonds. The lowest BCUT2D eigenvalue weighted by Crippen LogP contribution is -2.30. The lowest BCUT2D eigenvalue weighted by molar-refractivity contribution is 0.102. The Balaban J connectivity index is 2.42. The molecule has 0 radical (unpaired) electrons. The van der Waals surface area contributed by atoms with E-state index in [1.54, 1.807) is 7.11 Å². The average molecular weight is 283 g/mol. The molecule has 3 nitrogen and oxygen atoms in total. The van der Waals surface area contributed by atoms with Gasteiger partial charge in [0.05, 0.1) is 12.8 Å². The van der Waals surface area contributed by atoms with Gasteiger partial charge in [-0.15, -0.1) is 0 Å². The van der Waals surface area contributed by atoms with E-state index in [2.05, 4.69) is 25.1 Å². The largest absolute Gasteiger partial charge is 0.494 e. The molecule has 110 valence electrons. The Hall–Kier alpha value is -2.16. The highest BCUT2D eigenvalue weighted by Gasteiger charge is 2.37. The highest BCUT2D eigenvalue weighted by Crippen LogP contribution is 2.51. The molecule has 0 bridgehead atoms. The first-order chi connectivity index (χ1) is 9.85. The molecule has 21 heavy (non-hydrogen) atoms. The summed E-state index contributed by atoms with van der Waals surface area (Å²) in [5, 5.41) is 0. The minimum absolute atomic E-state index is 0.481. The zero-order chi connectivity index (χ0) is 15.4. The first-order valence-electron chi connectivity index (χ1n) is 7.12. The van der Waals surface area contributed by atoms with Crippen LogP contribution in [0.3, 0.4) is 0 Å². The van der Waals surface area contributed by atoms with Crippen molar-refractivity contribution in [2.24, 2.45) is 0 Å². The Kier molecular flexibility index (Phi) is 2.90. The van der Waals surface area contributed by atoms with Gasteiger partial charge in [-0.2, -0.15) is 0 Å². The summed E-state index contributed by atoms with van der Waals surface area (Å²) in [4.78, 5) is 0. The third-order valence-electron chi connectivity index (χ3n) is 4.12. The molecule has 0 spiro atoms. The molecule has 1 aliphatic heterocycles. The molecule has 0 saturated heterocycles. The number of rotatable bonds is 1. The van der Waals surface area contributed by atoms with Crippen LogP contribution in [0.1, 0.15) is 30.5 Å². The Bertz CT molecular complexity index is 732. The summed E-state index contributed by atoms with van der Waals surface area (Å²) >= 11 is 0. The summed E-state index contributed by atoms with van der Waals surface area (Å²) in [5.41, 5.74) is 11.9. The maximum atomic E-state index is 6.21. The van der Waals surface area contributed by atoms with E-state index in [-0.39, 0.29) is 0 Å². The number of benzene rings is 2. The molecule has 0 aromatic heterocycles. The number of nitrogen functional groups attached to an aromatic ring is 1. The fraction of sp³-hybridized carbons (Fsp3) is 0.333. The van der Waals surface area contributed by atoms with Gasteiger partial charge < -0.3 is 15.2 Å². The molecule has 3 heteroatoms. The van der Waals surface area contributed by atoms with Crippen LogP contribution < -0.4 is 15.2 Å². The molecule has 3 rings (SSSR count). The topological polar surface area (TPSA) is 44.5 Å². The van der Waals surface area contributed by atoms with E-state index in [1.807, 2.05) is 26.8 Å². The Labute approximate surface area is 125 Å². The SMILES string of the molecule is COc1c(N)c(C)cc2c1C(C)(C)Oc1ccc(C)cc1-2. The molecule has 2 aromatic rings. The van der Waals surface area contributed by atoms with Gasteiger partial charge in [0.25, 0.3) is 0 Å². The van der Waals surface area contributed by atoms with Crippen molar-refractivity contribution in [1.29, 1.82) is 0 Å². The van der Waals surface area contributed by atoms with Crippen molar-refractivity contribution >= 4 is 5.69 Å². The normalized spacial score (nSPS) is 14.9. The van der Waals surface area contributed by atoms with Crippen molar-refractivity contribution in [3.05, 3.63) is 41.0 Å². The number of anilines is 1. The predicted molar refractivity (Wildman–Crippen MR) is 86.0 cm³/mol. The summed E-state index contributed by atoms with van der Waals surface area (Å²) in [6, 6.07) is 8.39. The van der Waals surface area contributed by atoms with Gasteiger partial charge in [0.1, 0.15) is 17.1 Å². The van der Waals surface area contributed by atoms with E-state index in [0.717, 1.165) is 33.8 Å². The molecule has 1 aliphatic rings. The minimum Gasteiger partial charge on any atom is -0.494 e. The van der Waals surface area contributed by atoms with Gasteiger partial charge in [0.2, 0.25) is 0 Å². The van der Waals surface area contributed by atoms with Gasteiger partial charge in [-0.05, 0) is 57.0 Å². The zero-order valence-electron chi connectivity index (χ0n) is 13.2. The fourth-order valence-electron chi connectivity index (χ4n) is 3.09. The van der Waals surface area contributed by atoms with Gasteiger partial charge in [-0.1, -0.05) is 11.6 Å². The molecule has 2 aromatic carbocycles. The standard InChI is InChI=1S/C18H21NO2/c1-10-6-7-14-12(8-10)13-9-11(2)16(19)17(20-5)15(13)18(3,4)21-14/h6-9H,19H2,1-5H3. The average Bonchev–Trinajstić information content (AvgIpc) is 2.41. The van der Waals surface area contributed by atoms with E-state index >= 15 is 0 Å². The maximum Gasteiger partial charge on any atom is 0.149 e. The van der Waals surface area contributed by atoms with Crippen molar-refractivity contribution in [3.63, 3.8) is 0 Å². The van der Waals surface area contributed by atoms with Crippen molar-refractivity contribution < 1.29 is 9.47 Å². The van der Waals surface area contributed by atoms with E-state index in [0.29, 0.717) is 5.69 Å². The van der Waals surface area contributed by atoms with E-state index in [4.69, 9.17) is 15.2 Å². The quantitative estimate of drug-likeness (QED) is 0.798. The number of ether oxygens (including phenoxy) is 2. The summed E-state index contributed by atoms with van der Waals surface area (Å²) < 4.78 is 11.8. The predicted octanol–water partition coefficient (Wildman–Crippen LogP) is 4.19. The number of hydrogen-bond donors (Lipinski definition) is 1. The summed E-state index contributed by atoms with van der Waals surface area (Å²) in [7, 11) is 1.66. The van der Waals surface area contributed by atoms with E-state index in [9.17, 15) is 0 Å². The van der Waals surface area contributed by atoms with Crippen molar-refractivity contribution in [1.82, 2.24) is 0 Å². The fourth-order valence-corrected chi connectivity index (χ4v) is 3.09. The smallest absolute Gasteiger partial charge is 0.149 e. The van der Waals surface area contributed by atoms with Crippen LogP contribution in [0.2, 0.25) is 0 Å². The van der Waals surface area contributed by atoms with Crippen molar-refractivity contribution in [2.45, 2.75) is 33.3 Å². The zero-order valence-corrected chi connectivity index (χ0v) is 13.2. The summed E-state index contributed by atoms with van der Waals surface area (Å²) in [6.45, 7) is 8.19. The summed E-state index contributed by atoms with van der Waals surface area (Å²) in [6.07, 6.45) is 0. The van der Waals surface area contributed by atoms with Crippen molar-refractivity contribution in [3.8, 4) is 22.6 Å². The first-order valence-corrected chi connectivity index (χ1v) is 7.12. The third-order valence-corrected chi connectivity index (χ3v) is 4.12. The number of methoxy groups -OCH3 is 1. The van der Waals surface area contributed by atoms with Crippen LogP contribution in [0.4, 0.5) is 5.69 Å². The second-order valence-corrected chi connectivity index (χ2v) is 6.17.